The lowest BCUT2D eigenvalue weighted by Crippen LogP contribution is -2.58. The molecule has 0 fully saturated rings. The van der Waals surface area contributed by atoms with Crippen molar-refractivity contribution in [1.29, 1.82) is 0 Å². The molecule has 10 N–H and O–H groups in total. The van der Waals surface area contributed by atoms with E-state index in [-0.39, 0.29) is 30.8 Å². The van der Waals surface area contributed by atoms with Gasteiger partial charge in [-0.15, -0.1) is 0 Å². The largest absolute Gasteiger partial charge is 0.508 e. The number of carbonyl (C=O) groups excluding carboxylic acids is 3. The molecule has 3 aromatic rings. The summed E-state index contributed by atoms with van der Waals surface area (Å²) in [5.41, 5.74) is 14.2. The summed E-state index contributed by atoms with van der Waals surface area (Å²) in [6.07, 6.45) is 3.42. The number of carbonyl (C=O) groups is 4. The van der Waals surface area contributed by atoms with Crippen LogP contribution in [0.1, 0.15) is 30.4 Å². The van der Waals surface area contributed by atoms with Gasteiger partial charge in [-0.1, -0.05) is 30.3 Å². The predicted molar refractivity (Wildman–Crippen MR) is 162 cm³/mol. The maximum absolute atomic E-state index is 13.2. The topological polar surface area (TPSA) is 213 Å². The normalized spacial score (nSPS) is 14.0. The zero-order valence-electron chi connectivity index (χ0n) is 23.1. The van der Waals surface area contributed by atoms with Crippen LogP contribution >= 0.6 is 12.6 Å². The predicted octanol–water partition coefficient (Wildman–Crippen LogP) is 0.584. The first-order valence-corrected chi connectivity index (χ1v) is 14.3. The highest BCUT2D eigenvalue weighted by molar-refractivity contribution is 7.80. The van der Waals surface area contributed by atoms with E-state index < -0.39 is 47.9 Å². The molecule has 3 rings (SSSR count). The zero-order chi connectivity index (χ0) is 30.6. The number of aromatic hydroxyl groups is 1. The molecule has 12 nitrogen and oxygen atoms in total. The standard InChI is InChI=1S/C29H38N6O6S/c30-12-4-3-7-23(33-26(37)21(31)14-18-15-32-22-6-2-1-5-20(18)22)27(38)35-25(16-42)28(39)34-24(29(40)41)13-17-8-10-19(36)11-9-17/h1-2,5-6,8-11,15,21,23-25,32,36,42H,3-4,7,12-14,16,30-31H2,(H,33,37)(H,34,39)(H,35,38)(H,40,41). The number of nitrogens with two attached hydrogens (primary N) is 2. The second kappa shape index (κ2) is 15.8. The van der Waals surface area contributed by atoms with Crippen molar-refractivity contribution in [1.82, 2.24) is 20.9 Å². The third kappa shape index (κ3) is 9.23. The van der Waals surface area contributed by atoms with Crippen LogP contribution < -0.4 is 27.4 Å². The van der Waals surface area contributed by atoms with Crippen LogP contribution in [0.2, 0.25) is 0 Å². The summed E-state index contributed by atoms with van der Waals surface area (Å²) < 4.78 is 0. The van der Waals surface area contributed by atoms with Crippen molar-refractivity contribution >= 4 is 47.2 Å². The fraction of sp³-hybridized carbons (Fsp3) is 0.379. The highest BCUT2D eigenvalue weighted by Crippen LogP contribution is 2.19. The lowest BCUT2D eigenvalue weighted by Gasteiger charge is -2.24. The Balaban J connectivity index is 1.64. The van der Waals surface area contributed by atoms with Crippen LogP contribution in [0.25, 0.3) is 10.9 Å². The number of hydrogen-bond donors (Lipinski definition) is 9. The molecule has 0 aliphatic carbocycles. The third-order valence-corrected chi connectivity index (χ3v) is 7.20. The van der Waals surface area contributed by atoms with Crippen LogP contribution in [0.5, 0.6) is 5.75 Å². The molecular weight excluding hydrogens is 560 g/mol. The molecule has 0 aliphatic heterocycles. The SMILES string of the molecule is NCCCCC(NC(=O)C(N)Cc1c[nH]c2ccccc12)C(=O)NC(CS)C(=O)NC(Cc1ccc(O)cc1)C(=O)O. The molecule has 0 aliphatic rings. The summed E-state index contributed by atoms with van der Waals surface area (Å²) in [5.74, 6) is -3.25. The molecule has 2 aromatic carbocycles. The minimum atomic E-state index is -1.29. The van der Waals surface area contributed by atoms with Crippen LogP contribution in [0.4, 0.5) is 0 Å². The lowest BCUT2D eigenvalue weighted by molar-refractivity contribution is -0.142. The van der Waals surface area contributed by atoms with Crippen molar-refractivity contribution < 1.29 is 29.4 Å². The average Bonchev–Trinajstić information content (AvgIpc) is 3.38. The van der Waals surface area contributed by atoms with Crippen molar-refractivity contribution in [2.45, 2.75) is 56.3 Å². The summed E-state index contributed by atoms with van der Waals surface area (Å²) >= 11 is 4.17. The molecule has 13 heteroatoms. The second-order valence-electron chi connectivity index (χ2n) is 10.0. The van der Waals surface area contributed by atoms with Gasteiger partial charge in [0, 0.05) is 29.3 Å². The lowest BCUT2D eigenvalue weighted by atomic mass is 10.0. The summed E-state index contributed by atoms with van der Waals surface area (Å²) in [7, 11) is 0. The summed E-state index contributed by atoms with van der Waals surface area (Å²) in [6.45, 7) is 0.404. The van der Waals surface area contributed by atoms with Gasteiger partial charge in [-0.3, -0.25) is 14.4 Å². The second-order valence-corrected chi connectivity index (χ2v) is 10.4. The van der Waals surface area contributed by atoms with Crippen molar-refractivity contribution in [3.05, 3.63) is 65.9 Å². The monoisotopic (exact) mass is 598 g/mol. The maximum Gasteiger partial charge on any atom is 0.326 e. The minimum Gasteiger partial charge on any atom is -0.508 e. The van der Waals surface area contributed by atoms with E-state index in [1.54, 1.807) is 18.3 Å². The minimum absolute atomic E-state index is 0.0274. The van der Waals surface area contributed by atoms with Crippen molar-refractivity contribution in [3.8, 4) is 5.75 Å². The number of aromatic nitrogens is 1. The quantitative estimate of drug-likeness (QED) is 0.0838. The van der Waals surface area contributed by atoms with Gasteiger partial charge in [-0.2, -0.15) is 12.6 Å². The Morgan fingerprint density at radius 1 is 0.857 bits per heavy atom. The molecule has 0 saturated carbocycles. The van der Waals surface area contributed by atoms with E-state index in [9.17, 15) is 29.4 Å². The molecule has 1 aromatic heterocycles. The van der Waals surface area contributed by atoms with Gasteiger partial charge in [-0.05, 0) is 61.6 Å². The van der Waals surface area contributed by atoms with Gasteiger partial charge in [0.15, 0.2) is 0 Å². The van der Waals surface area contributed by atoms with E-state index >= 15 is 0 Å². The number of aromatic amines is 1. The number of carboxylic acids is 1. The molecule has 1 heterocycles. The molecule has 42 heavy (non-hydrogen) atoms. The average molecular weight is 599 g/mol. The number of hydrogen-bond acceptors (Lipinski definition) is 8. The molecule has 0 saturated heterocycles. The summed E-state index contributed by atoms with van der Waals surface area (Å²) in [4.78, 5) is 54.2. The summed E-state index contributed by atoms with van der Waals surface area (Å²) in [6, 6.07) is 9.17. The number of rotatable bonds is 16. The first-order chi connectivity index (χ1) is 20.1. The molecule has 0 bridgehead atoms. The van der Waals surface area contributed by atoms with Crippen LogP contribution in [-0.2, 0) is 32.0 Å². The van der Waals surface area contributed by atoms with Crippen LogP contribution in [0.15, 0.2) is 54.7 Å². The van der Waals surface area contributed by atoms with E-state index in [4.69, 9.17) is 11.5 Å². The Hall–Kier alpha value is -4.07. The van der Waals surface area contributed by atoms with Gasteiger partial charge in [0.25, 0.3) is 0 Å². The number of benzene rings is 2. The molecule has 3 amide bonds. The van der Waals surface area contributed by atoms with Gasteiger partial charge in [0.2, 0.25) is 17.7 Å². The number of fused-ring (bicyclic) bond motifs is 1. The van der Waals surface area contributed by atoms with Crippen molar-refractivity contribution in [2.24, 2.45) is 11.5 Å². The van der Waals surface area contributed by atoms with E-state index in [2.05, 4.69) is 33.6 Å². The Morgan fingerprint density at radius 3 is 2.17 bits per heavy atom. The van der Waals surface area contributed by atoms with E-state index in [1.807, 2.05) is 24.3 Å². The van der Waals surface area contributed by atoms with E-state index in [0.717, 1.165) is 16.5 Å². The first-order valence-electron chi connectivity index (χ1n) is 13.7. The molecule has 4 unspecified atom stereocenters. The number of phenolic OH excluding ortho intramolecular Hbond substituents is 1. The number of phenols is 1. The number of H-pyrrole nitrogens is 1. The fourth-order valence-corrected chi connectivity index (χ4v) is 4.73. The molecule has 4 atom stereocenters. The van der Waals surface area contributed by atoms with Gasteiger partial charge in [-0.25, -0.2) is 4.79 Å². The third-order valence-electron chi connectivity index (χ3n) is 6.84. The zero-order valence-corrected chi connectivity index (χ0v) is 24.0. The Bertz CT molecular complexity index is 1360. The molecule has 226 valence electrons. The highest BCUT2D eigenvalue weighted by atomic mass is 32.1. The molecular formula is C29H38N6O6S. The Morgan fingerprint density at radius 2 is 1.50 bits per heavy atom. The number of carboxylic acid groups (broad SMARTS) is 1. The highest BCUT2D eigenvalue weighted by Gasteiger charge is 2.30. The number of nitrogens with one attached hydrogen (secondary N) is 4. The smallest absolute Gasteiger partial charge is 0.326 e. The number of aliphatic carboxylic acids is 1. The van der Waals surface area contributed by atoms with Gasteiger partial charge in [0.05, 0.1) is 6.04 Å². The van der Waals surface area contributed by atoms with E-state index in [0.29, 0.717) is 24.9 Å². The van der Waals surface area contributed by atoms with Gasteiger partial charge >= 0.3 is 5.97 Å². The number of thiol groups is 1. The van der Waals surface area contributed by atoms with E-state index in [1.165, 1.54) is 12.1 Å². The van der Waals surface area contributed by atoms with Crippen molar-refractivity contribution in [2.75, 3.05) is 12.3 Å². The van der Waals surface area contributed by atoms with Gasteiger partial charge < -0.3 is 42.6 Å². The van der Waals surface area contributed by atoms with Crippen LogP contribution in [0.3, 0.4) is 0 Å². The number of para-hydroxylation sites is 1. The fourth-order valence-electron chi connectivity index (χ4n) is 4.48. The summed E-state index contributed by atoms with van der Waals surface area (Å²) in [5, 5.41) is 27.8. The molecule has 0 radical (unpaired) electrons. The van der Waals surface area contributed by atoms with Crippen molar-refractivity contribution in [3.63, 3.8) is 0 Å². The number of unbranched alkanes of at least 4 members (excludes halogenated alkanes) is 1. The number of amides is 3. The Kier molecular flexibility index (Phi) is 12.2. The van der Waals surface area contributed by atoms with Gasteiger partial charge in [0.1, 0.15) is 23.9 Å². The van der Waals surface area contributed by atoms with Crippen LogP contribution in [-0.4, -0.2) is 75.4 Å². The van der Waals surface area contributed by atoms with Crippen LogP contribution in [0, 0.1) is 0 Å². The Labute approximate surface area is 249 Å². The first kappa shape index (κ1) is 32.4. The molecule has 0 spiro atoms. The maximum atomic E-state index is 13.2.